The third-order valence-electron chi connectivity index (χ3n) is 17.7. The maximum absolute atomic E-state index is 12.2. The van der Waals surface area contributed by atoms with Gasteiger partial charge < -0.3 is 61.3 Å². The van der Waals surface area contributed by atoms with Crippen molar-refractivity contribution in [3.05, 3.63) is 301 Å². The zero-order valence-corrected chi connectivity index (χ0v) is 67.0. The van der Waals surface area contributed by atoms with Crippen LogP contribution in [0.2, 0.25) is 0 Å². The molecule has 0 aromatic heterocycles. The quantitative estimate of drug-likeness (QED) is 0.0153. The smallest absolute Gasteiger partial charge is 0.335 e. The number of aliphatic carboxylic acids is 2. The number of aromatic carboxylic acids is 1. The first-order valence-electron chi connectivity index (χ1n) is 37.9. The average molecular weight is 1590 g/mol. The van der Waals surface area contributed by atoms with Crippen LogP contribution in [0.5, 0.6) is 0 Å². The van der Waals surface area contributed by atoms with E-state index in [9.17, 15) is 57.8 Å². The molecule has 23 heteroatoms. The van der Waals surface area contributed by atoms with Crippen molar-refractivity contribution in [2.45, 2.75) is 122 Å². The number of carbonyl (C=O) groups excluding carboxylic acids is 8. The molecular formula is C94H103N5O18. The maximum Gasteiger partial charge on any atom is 0.335 e. The van der Waals surface area contributed by atoms with Crippen molar-refractivity contribution in [3.8, 4) is 55.6 Å². The van der Waals surface area contributed by atoms with Crippen LogP contribution in [-0.4, -0.2) is 139 Å². The minimum atomic E-state index is -1.20. The first kappa shape index (κ1) is 93.9. The van der Waals surface area contributed by atoms with E-state index in [-0.39, 0.29) is 79.1 Å². The zero-order chi connectivity index (χ0) is 85.4. The SMILES string of the molecule is COC(=O)CC[C@@H](C)N.COC(=O)CC[C@@H](C)NC(=O)c1ccc(-c2ccccc2)cc1.COC(=O)CC[C@@H](C)NC(=O)c1ccc(-c2ccccc2)cc1.COC(=O)CC[C@H](NC(=O)c1ccc(-c2ccccc2)cc1)C(=O)O.C[C@H](CCC(=O)O)NC(=O)c1ccc(-c2ccccc2)cc1.O=C(O)c1ccc(-c2ccccc2)cc1. The van der Waals surface area contributed by atoms with E-state index in [1.54, 1.807) is 55.5 Å². The molecule has 23 nitrogen and oxygen atoms in total. The minimum Gasteiger partial charge on any atom is -0.481 e. The van der Waals surface area contributed by atoms with E-state index in [0.717, 1.165) is 55.6 Å². The molecule has 0 aliphatic rings. The molecule has 0 spiro atoms. The average Bonchev–Trinajstić information content (AvgIpc) is 0.871. The van der Waals surface area contributed by atoms with Crippen molar-refractivity contribution in [2.75, 3.05) is 28.4 Å². The Morgan fingerprint density at radius 2 is 0.479 bits per heavy atom. The molecule has 9 N–H and O–H groups in total. The summed E-state index contributed by atoms with van der Waals surface area (Å²) in [5, 5.41) is 37.6. The van der Waals surface area contributed by atoms with Crippen LogP contribution >= 0.6 is 0 Å². The van der Waals surface area contributed by atoms with Gasteiger partial charge in [0.05, 0.1) is 34.0 Å². The summed E-state index contributed by atoms with van der Waals surface area (Å²) in [6, 6.07) is 84.2. The molecule has 5 atom stereocenters. The highest BCUT2D eigenvalue weighted by Gasteiger charge is 2.23. The number of esters is 4. The lowest BCUT2D eigenvalue weighted by Gasteiger charge is -2.14. The molecule has 0 heterocycles. The molecule has 10 rings (SSSR count). The van der Waals surface area contributed by atoms with Gasteiger partial charge in [-0.25, -0.2) is 9.59 Å². The van der Waals surface area contributed by atoms with E-state index in [1.165, 1.54) is 28.4 Å². The van der Waals surface area contributed by atoms with Gasteiger partial charge in [0.15, 0.2) is 0 Å². The molecule has 10 aromatic rings. The fourth-order valence-electron chi connectivity index (χ4n) is 10.9. The summed E-state index contributed by atoms with van der Waals surface area (Å²) in [5.74, 6) is -5.14. The fourth-order valence-corrected chi connectivity index (χ4v) is 10.9. The number of carboxylic acid groups (broad SMARTS) is 3. The Kier molecular flexibility index (Phi) is 41.6. The Bertz CT molecular complexity index is 4590. The van der Waals surface area contributed by atoms with Gasteiger partial charge >= 0.3 is 41.8 Å². The van der Waals surface area contributed by atoms with E-state index >= 15 is 0 Å². The lowest BCUT2D eigenvalue weighted by Crippen LogP contribution is -2.41. The summed E-state index contributed by atoms with van der Waals surface area (Å²) in [5.41, 5.74) is 18.5. The minimum absolute atomic E-state index is 0.0319. The van der Waals surface area contributed by atoms with Crippen molar-refractivity contribution >= 4 is 65.4 Å². The van der Waals surface area contributed by atoms with E-state index in [0.29, 0.717) is 72.8 Å². The molecule has 4 amide bonds. The predicted octanol–water partition coefficient (Wildman–Crippen LogP) is 16.0. The van der Waals surface area contributed by atoms with E-state index in [4.69, 9.17) is 15.9 Å². The molecule has 0 saturated carbocycles. The van der Waals surface area contributed by atoms with Crippen LogP contribution in [0.1, 0.15) is 144 Å². The van der Waals surface area contributed by atoms with Crippen LogP contribution in [-0.2, 0) is 47.7 Å². The number of methoxy groups -OCH3 is 4. The first-order valence-corrected chi connectivity index (χ1v) is 37.9. The van der Waals surface area contributed by atoms with Gasteiger partial charge in [-0.2, -0.15) is 0 Å². The van der Waals surface area contributed by atoms with Gasteiger partial charge in [-0.05, 0) is 176 Å². The second-order valence-electron chi connectivity index (χ2n) is 26.9. The Balaban J connectivity index is 0.000000255. The van der Waals surface area contributed by atoms with Gasteiger partial charge in [0.1, 0.15) is 6.04 Å². The number of hydrogen-bond donors (Lipinski definition) is 8. The van der Waals surface area contributed by atoms with Gasteiger partial charge in [0.2, 0.25) is 0 Å². The summed E-state index contributed by atoms with van der Waals surface area (Å²) < 4.78 is 18.1. The highest BCUT2D eigenvalue weighted by molar-refractivity contribution is 5.98. The van der Waals surface area contributed by atoms with E-state index in [2.05, 4.69) is 40.2 Å². The van der Waals surface area contributed by atoms with E-state index < -0.39 is 35.8 Å². The number of rotatable bonds is 30. The number of carboxylic acids is 3. The lowest BCUT2D eigenvalue weighted by atomic mass is 10.0. The number of nitrogens with two attached hydrogens (primary N) is 1. The van der Waals surface area contributed by atoms with Gasteiger partial charge in [-0.15, -0.1) is 0 Å². The van der Waals surface area contributed by atoms with Crippen molar-refractivity contribution in [1.29, 1.82) is 0 Å². The van der Waals surface area contributed by atoms with Crippen LogP contribution in [0.25, 0.3) is 55.6 Å². The van der Waals surface area contributed by atoms with Crippen molar-refractivity contribution in [1.82, 2.24) is 21.3 Å². The van der Waals surface area contributed by atoms with Gasteiger partial charge in [-0.3, -0.25) is 43.2 Å². The van der Waals surface area contributed by atoms with Crippen molar-refractivity contribution in [2.24, 2.45) is 5.73 Å². The van der Waals surface area contributed by atoms with Crippen LogP contribution in [0.15, 0.2) is 273 Å². The molecule has 0 radical (unpaired) electrons. The Morgan fingerprint density at radius 3 is 0.692 bits per heavy atom. The summed E-state index contributed by atoms with van der Waals surface area (Å²) in [4.78, 5) is 125. The molecule has 0 fully saturated rings. The Hall–Kier alpha value is -13.7. The summed E-state index contributed by atoms with van der Waals surface area (Å²) in [6.07, 6.45) is 3.19. The molecule has 0 bridgehead atoms. The highest BCUT2D eigenvalue weighted by atomic mass is 16.5. The van der Waals surface area contributed by atoms with E-state index in [1.807, 2.05) is 245 Å². The lowest BCUT2D eigenvalue weighted by molar-refractivity contribution is -0.143. The molecule has 0 unspecified atom stereocenters. The number of amides is 4. The monoisotopic (exact) mass is 1590 g/mol. The van der Waals surface area contributed by atoms with Gasteiger partial charge in [0, 0.05) is 78.5 Å². The number of nitrogens with one attached hydrogen (secondary N) is 4. The van der Waals surface area contributed by atoms with Gasteiger partial charge in [0.25, 0.3) is 23.6 Å². The number of ether oxygens (including phenoxy) is 4. The van der Waals surface area contributed by atoms with Crippen LogP contribution in [0.3, 0.4) is 0 Å². The molecule has 117 heavy (non-hydrogen) atoms. The molecule has 10 aromatic carbocycles. The third kappa shape index (κ3) is 35.9. The molecule has 0 aliphatic carbocycles. The van der Waals surface area contributed by atoms with Crippen LogP contribution < -0.4 is 27.0 Å². The third-order valence-corrected chi connectivity index (χ3v) is 17.7. The normalized spacial score (nSPS) is 11.4. The molecule has 612 valence electrons. The van der Waals surface area contributed by atoms with Crippen molar-refractivity contribution < 1.29 is 87.0 Å². The topological polar surface area (TPSA) is 360 Å². The molecular weight excluding hydrogens is 1490 g/mol. The largest absolute Gasteiger partial charge is 0.481 e. The number of hydrogen-bond acceptors (Lipinski definition) is 16. The molecule has 0 saturated heterocycles. The second-order valence-corrected chi connectivity index (χ2v) is 26.9. The first-order chi connectivity index (χ1) is 56.2. The highest BCUT2D eigenvalue weighted by Crippen LogP contribution is 2.25. The summed E-state index contributed by atoms with van der Waals surface area (Å²) >= 11 is 0. The number of benzene rings is 10. The summed E-state index contributed by atoms with van der Waals surface area (Å²) in [6.45, 7) is 7.42. The van der Waals surface area contributed by atoms with Crippen LogP contribution in [0, 0.1) is 0 Å². The van der Waals surface area contributed by atoms with Crippen molar-refractivity contribution in [3.63, 3.8) is 0 Å². The van der Waals surface area contributed by atoms with Gasteiger partial charge in [-0.1, -0.05) is 212 Å². The Morgan fingerprint density at radius 1 is 0.274 bits per heavy atom. The van der Waals surface area contributed by atoms with Crippen LogP contribution in [0.4, 0.5) is 0 Å². The fraction of sp³-hybridized carbons (Fsp3) is 0.245. The molecule has 0 aliphatic heterocycles. The summed E-state index contributed by atoms with van der Waals surface area (Å²) in [7, 11) is 5.33. The predicted molar refractivity (Wildman–Crippen MR) is 452 cm³/mol. The second kappa shape index (κ2) is 51.9. The number of carbonyl (C=O) groups is 11. The Labute approximate surface area is 683 Å². The maximum atomic E-state index is 12.2. The zero-order valence-electron chi connectivity index (χ0n) is 67.0. The standard InChI is InChI=1S/C19H19NO5.2C19H21NO3.C18H19NO3.C13H10O2.C6H13NO2/c1-25-17(21)12-11-16(19(23)24)20-18(22)15-9-7-14(8-10-15)13-5-3-2-4-6-13;2*1-14(8-13-18(21)23-2)20-19(22)17-11-9-16(10-12-17)15-6-4-3-5-7-15;1-13(7-12-17(20)21)19-18(22)16-10-8-15(9-11-16)14-5-3-2-4-6-14;14-13(15)12-8-6-11(7-9-12)10-4-2-1-3-5-10;1-5(7)3-4-6(8)9-2/h2-10,16H,11-12H2,1H3,(H,20,22)(H,23,24);2*3-7,9-12,14H,8,13H2,1-2H3,(H,20,22);2-6,8-11,13H,7,12H2,1H3,(H,19,22)(H,20,21);1-9H,(H,14,15);5H,3-4,7H2,1-2H3/t16-;2*14-;13-;;5-/m0111.1/s1.